The van der Waals surface area contributed by atoms with Gasteiger partial charge in [-0.25, -0.2) is 19.9 Å². The SMILES string of the molecule is c1ccc2c(c1)Cc1c-2ccc2c1-c1ccc3c4cnccc4n4c5ccccc5nc4c3c1C2.c1ccc2c(c1)Cc1c-2ccc2c1Cc1c-2ccc2c3cnccc3n3c4ccccc4nc3c12.c1ccc2c(c1)Cc1cc3c(cc1-2)Cc1c-3ccc2c3cnccc3n3c4ccccc4nc3c12.c1ccc2c(c1)Cc1ccc3c(c1-2)Cc1c-3ccc2c3cnccc3n3c4ccccc4nc3c12. The normalized spacial score (nSPS) is 13.5. The molecule has 0 atom stereocenters. The van der Waals surface area contributed by atoms with E-state index in [4.69, 9.17) is 19.9 Å². The molecule has 12 heterocycles. The van der Waals surface area contributed by atoms with Gasteiger partial charge in [-0.1, -0.05) is 231 Å². The molecule has 0 bridgehead atoms. The second-order valence-electron chi connectivity index (χ2n) is 39.2. The molecule has 0 N–H and O–H groups in total. The summed E-state index contributed by atoms with van der Waals surface area (Å²) in [5.41, 5.74) is 62.7. The van der Waals surface area contributed by atoms with Crippen molar-refractivity contribution >= 4 is 153 Å². The number of imidazole rings is 4. The lowest BCUT2D eigenvalue weighted by atomic mass is 9.94. The van der Waals surface area contributed by atoms with Crippen LogP contribution in [0.3, 0.4) is 0 Å². The number of pyridine rings is 8. The molecule has 0 amide bonds. The number of hydrogen-bond donors (Lipinski definition) is 0. The van der Waals surface area contributed by atoms with E-state index < -0.39 is 0 Å². The maximum atomic E-state index is 5.18. The number of aromatic nitrogens is 12. The van der Waals surface area contributed by atoms with Crippen LogP contribution in [0.25, 0.3) is 242 Å². The van der Waals surface area contributed by atoms with Crippen LogP contribution < -0.4 is 0 Å². The highest BCUT2D eigenvalue weighted by Gasteiger charge is 2.37. The summed E-state index contributed by atoms with van der Waals surface area (Å²) in [5, 5.41) is 14.7. The van der Waals surface area contributed by atoms with Crippen LogP contribution in [0.4, 0.5) is 0 Å². The van der Waals surface area contributed by atoms with Gasteiger partial charge in [-0.2, -0.15) is 0 Å². The van der Waals surface area contributed by atoms with Gasteiger partial charge >= 0.3 is 0 Å². The van der Waals surface area contributed by atoms with E-state index in [1.807, 2.05) is 49.6 Å². The average molecular weight is 1780 g/mol. The number of fused-ring (bicyclic) bond motifs is 63. The van der Waals surface area contributed by atoms with Crippen molar-refractivity contribution in [3.8, 4) is 89.0 Å². The molecule has 0 radical (unpaired) electrons. The van der Waals surface area contributed by atoms with E-state index in [1.165, 1.54) is 243 Å². The molecule has 16 aromatic carbocycles. The predicted octanol–water partition coefficient (Wildman–Crippen LogP) is 29.3. The van der Waals surface area contributed by atoms with Gasteiger partial charge in [0.2, 0.25) is 0 Å². The van der Waals surface area contributed by atoms with Gasteiger partial charge in [-0.3, -0.25) is 37.5 Å². The minimum absolute atomic E-state index is 0.933. The molecule has 0 aliphatic heterocycles. The first-order valence-corrected chi connectivity index (χ1v) is 48.7. The highest BCUT2D eigenvalue weighted by Crippen LogP contribution is 2.57. The van der Waals surface area contributed by atoms with Gasteiger partial charge in [-0.15, -0.1) is 0 Å². The second kappa shape index (κ2) is 27.9. The molecule has 648 valence electrons. The molecule has 12 nitrogen and oxygen atoms in total. The number of nitrogens with zero attached hydrogens (tertiary/aromatic N) is 12. The lowest BCUT2D eigenvalue weighted by Crippen LogP contribution is -1.95. The third kappa shape index (κ3) is 10.2. The Balaban J connectivity index is 0.0000000829. The quantitative estimate of drug-likeness (QED) is 0.138. The Morgan fingerprint density at radius 3 is 0.893 bits per heavy atom. The summed E-state index contributed by atoms with van der Waals surface area (Å²) in [6.45, 7) is 0. The van der Waals surface area contributed by atoms with Crippen molar-refractivity contribution in [1.29, 1.82) is 0 Å². The number of rotatable bonds is 0. The van der Waals surface area contributed by atoms with Gasteiger partial charge in [0.1, 0.15) is 22.6 Å². The number of para-hydroxylation sites is 8. The molecule has 0 fully saturated rings. The van der Waals surface area contributed by atoms with Gasteiger partial charge in [0.25, 0.3) is 0 Å². The van der Waals surface area contributed by atoms with Crippen molar-refractivity contribution in [3.05, 3.63) is 454 Å². The summed E-state index contributed by atoms with van der Waals surface area (Å²) in [6, 6.07) is 115. The van der Waals surface area contributed by atoms with E-state index in [1.54, 1.807) is 0 Å². The Kier molecular flexibility index (Phi) is 15.0. The standard InChI is InChI=1S/4C32H19N3/c1-2-6-21-18(5-1)13-19-14-25-20(15-24(19)21)16-26-22(25)9-10-23-27-17-33-12-11-29(27)35-30-8-4-3-7-28(30)34-32(35)31(23)26;1-2-6-20-18(5-1)15-24-21(20)10-9-19-16-25-22(30(19)24)11-12-23-26-17-33-14-13-28(26)35-29-8-4-3-7-27(29)34-32(35)31(23)25;1-2-6-20-18(5-1)15-19-9-10-21-22-11-12-23-26-17-33-14-13-28(26)35-29-8-4-3-7-27(29)34-32(35)31(23)25(22)16-24(21)30(19)20;1-2-6-19-18(5-1)15-24-20(19)9-10-21-22-11-12-23-27-17-33-14-13-29(27)35-30-8-4-3-7-28(30)34-32(35)31(23)26(22)16-25(21)24/h1-12,14-15,17H,13,16H2;3*1-14,17H,15-16H2. The van der Waals surface area contributed by atoms with Crippen LogP contribution in [0.1, 0.15) is 89.0 Å². The first-order valence-electron chi connectivity index (χ1n) is 48.7. The Labute approximate surface area is 799 Å². The van der Waals surface area contributed by atoms with Crippen LogP contribution in [-0.2, 0) is 51.4 Å². The summed E-state index contributed by atoms with van der Waals surface area (Å²) in [6.07, 6.45) is 23.4. The fraction of sp³-hybridized carbons (Fsp3) is 0.0625. The molecule has 8 aliphatic carbocycles. The first kappa shape index (κ1) is 75.3. The van der Waals surface area contributed by atoms with Crippen LogP contribution in [0.15, 0.2) is 365 Å². The third-order valence-corrected chi connectivity index (χ3v) is 32.6. The van der Waals surface area contributed by atoms with E-state index in [0.717, 1.165) is 140 Å². The topological polar surface area (TPSA) is 121 Å². The maximum absolute atomic E-state index is 5.18. The van der Waals surface area contributed by atoms with Gasteiger partial charge in [0, 0.05) is 99.1 Å². The van der Waals surface area contributed by atoms with E-state index in [-0.39, 0.29) is 0 Å². The van der Waals surface area contributed by atoms with E-state index in [0.29, 0.717) is 0 Å². The highest BCUT2D eigenvalue weighted by molar-refractivity contribution is 6.22. The van der Waals surface area contributed by atoms with E-state index in [2.05, 4.69) is 353 Å². The zero-order valence-corrected chi connectivity index (χ0v) is 75.7. The molecule has 12 heteroatoms. The zero-order chi connectivity index (χ0) is 90.7. The summed E-state index contributed by atoms with van der Waals surface area (Å²) in [7, 11) is 0. The van der Waals surface area contributed by atoms with Crippen molar-refractivity contribution in [2.24, 2.45) is 0 Å². The summed E-state index contributed by atoms with van der Waals surface area (Å²) >= 11 is 0. The van der Waals surface area contributed by atoms with Gasteiger partial charge in [0.15, 0.2) is 0 Å². The molecule has 28 aromatic rings. The fourth-order valence-corrected chi connectivity index (χ4v) is 26.7. The Morgan fingerprint density at radius 1 is 0.164 bits per heavy atom. The largest absolute Gasteiger partial charge is 0.292 e. The highest BCUT2D eigenvalue weighted by atomic mass is 15.0. The molecular formula is C128H76N12. The van der Waals surface area contributed by atoms with E-state index >= 15 is 0 Å². The zero-order valence-electron chi connectivity index (χ0n) is 75.7. The lowest BCUT2D eigenvalue weighted by Gasteiger charge is -2.13. The molecule has 0 spiro atoms. The number of hydrogen-bond acceptors (Lipinski definition) is 8. The van der Waals surface area contributed by atoms with E-state index in [9.17, 15) is 0 Å². The fourth-order valence-electron chi connectivity index (χ4n) is 26.7. The molecular weight excluding hydrogens is 1710 g/mol. The van der Waals surface area contributed by atoms with Crippen LogP contribution in [-0.4, -0.2) is 57.5 Å². The molecule has 12 aromatic heterocycles. The van der Waals surface area contributed by atoms with Crippen LogP contribution in [0, 0.1) is 0 Å². The minimum Gasteiger partial charge on any atom is -0.292 e. The van der Waals surface area contributed by atoms with Crippen LogP contribution in [0.2, 0.25) is 0 Å². The van der Waals surface area contributed by atoms with Crippen molar-refractivity contribution in [2.75, 3.05) is 0 Å². The third-order valence-electron chi connectivity index (χ3n) is 32.6. The monoisotopic (exact) mass is 1780 g/mol. The Hall–Kier alpha value is -18.0. The summed E-state index contributed by atoms with van der Waals surface area (Å²) in [4.78, 5) is 38.7. The smallest absolute Gasteiger partial charge is 0.146 e. The molecule has 8 aliphatic rings. The molecule has 36 rings (SSSR count). The van der Waals surface area contributed by atoms with Crippen molar-refractivity contribution in [1.82, 2.24) is 57.5 Å². The predicted molar refractivity (Wildman–Crippen MR) is 568 cm³/mol. The summed E-state index contributed by atoms with van der Waals surface area (Å²) in [5.74, 6) is 0. The van der Waals surface area contributed by atoms with Gasteiger partial charge in [-0.05, 0) is 329 Å². The minimum atomic E-state index is 0.933. The van der Waals surface area contributed by atoms with Crippen molar-refractivity contribution in [2.45, 2.75) is 51.4 Å². The Morgan fingerprint density at radius 2 is 0.429 bits per heavy atom. The Bertz CT molecular complexity index is 10600. The number of benzene rings is 16. The lowest BCUT2D eigenvalue weighted by molar-refractivity contribution is 1.17. The van der Waals surface area contributed by atoms with Gasteiger partial charge in [0.05, 0.1) is 66.2 Å². The molecule has 0 unspecified atom stereocenters. The first-order chi connectivity index (χ1) is 69.4. The van der Waals surface area contributed by atoms with Crippen LogP contribution >= 0.6 is 0 Å². The second-order valence-corrected chi connectivity index (χ2v) is 39.2. The maximum Gasteiger partial charge on any atom is 0.146 e. The van der Waals surface area contributed by atoms with Crippen molar-refractivity contribution in [3.63, 3.8) is 0 Å². The molecule has 0 saturated carbocycles. The van der Waals surface area contributed by atoms with Gasteiger partial charge < -0.3 is 0 Å². The van der Waals surface area contributed by atoms with Crippen molar-refractivity contribution < 1.29 is 0 Å². The molecule has 0 saturated heterocycles. The van der Waals surface area contributed by atoms with Crippen LogP contribution in [0.5, 0.6) is 0 Å². The average Bonchev–Trinajstić information content (AvgIpc) is 1.55. The summed E-state index contributed by atoms with van der Waals surface area (Å²) < 4.78 is 9.32. The molecule has 140 heavy (non-hydrogen) atoms.